The first-order valence-corrected chi connectivity index (χ1v) is 12.3. The summed E-state index contributed by atoms with van der Waals surface area (Å²) in [5.74, 6) is 0. The van der Waals surface area contributed by atoms with Gasteiger partial charge in [0, 0.05) is 35.5 Å². The third kappa shape index (κ3) is 4.18. The van der Waals surface area contributed by atoms with Crippen molar-refractivity contribution in [3.05, 3.63) is 139 Å². The number of hydrogen-bond acceptors (Lipinski definition) is 2. The maximum atomic E-state index is 2.34. The molecule has 0 bridgehead atoms. The smallest absolute Gasteiger partial charge is 0.0468 e. The summed E-state index contributed by atoms with van der Waals surface area (Å²) in [5, 5.41) is 4.96. The Hall–Kier alpha value is -4.56. The highest BCUT2D eigenvalue weighted by atomic mass is 15.1. The van der Waals surface area contributed by atoms with Crippen molar-refractivity contribution in [2.24, 2.45) is 0 Å². The molecule has 0 heterocycles. The standard InChI is InChI=1S/C34H28N2/c1-25-11-15-30(16-12-25)35(2)31-19-21-32(22-20-31)36(33-17-13-26-7-3-5-9-28(26)23-33)34-18-14-27-8-4-6-10-29(27)24-34/h3-24H,1-2H3. The minimum Gasteiger partial charge on any atom is -0.345 e. The minimum absolute atomic E-state index is 1.13. The second kappa shape index (κ2) is 9.24. The molecule has 2 heteroatoms. The molecule has 0 aliphatic rings. The van der Waals surface area contributed by atoms with Gasteiger partial charge in [0.1, 0.15) is 0 Å². The van der Waals surface area contributed by atoms with E-state index in [0.29, 0.717) is 0 Å². The summed E-state index contributed by atoms with van der Waals surface area (Å²) in [4.78, 5) is 4.56. The van der Waals surface area contributed by atoms with Crippen molar-refractivity contribution < 1.29 is 0 Å². The average molecular weight is 465 g/mol. The number of benzene rings is 6. The molecule has 0 saturated carbocycles. The van der Waals surface area contributed by atoms with Gasteiger partial charge < -0.3 is 9.80 Å². The molecule has 0 N–H and O–H groups in total. The predicted octanol–water partition coefficient (Wildman–Crippen LogP) is 9.54. The van der Waals surface area contributed by atoms with Gasteiger partial charge in [-0.25, -0.2) is 0 Å². The van der Waals surface area contributed by atoms with E-state index in [2.05, 4.69) is 157 Å². The largest absolute Gasteiger partial charge is 0.345 e. The Morgan fingerprint density at radius 2 is 0.778 bits per heavy atom. The van der Waals surface area contributed by atoms with Crippen molar-refractivity contribution in [2.45, 2.75) is 6.92 Å². The molecule has 0 amide bonds. The van der Waals surface area contributed by atoms with E-state index >= 15 is 0 Å². The highest BCUT2D eigenvalue weighted by molar-refractivity contribution is 5.92. The number of aryl methyl sites for hydroxylation is 1. The molecule has 0 aliphatic heterocycles. The number of hydrogen-bond donors (Lipinski definition) is 0. The van der Waals surface area contributed by atoms with Crippen LogP contribution in [0.15, 0.2) is 133 Å². The van der Waals surface area contributed by atoms with Gasteiger partial charge in [0.05, 0.1) is 0 Å². The van der Waals surface area contributed by atoms with Crippen molar-refractivity contribution in [2.75, 3.05) is 16.8 Å². The van der Waals surface area contributed by atoms with Crippen LogP contribution in [-0.4, -0.2) is 7.05 Å². The van der Waals surface area contributed by atoms with Crippen molar-refractivity contribution in [1.29, 1.82) is 0 Å². The monoisotopic (exact) mass is 464 g/mol. The Bertz CT molecular complexity index is 1570. The molecule has 6 aromatic rings. The molecule has 0 spiro atoms. The van der Waals surface area contributed by atoms with E-state index in [1.807, 2.05) is 0 Å². The number of fused-ring (bicyclic) bond motifs is 2. The Labute approximate surface area is 212 Å². The van der Waals surface area contributed by atoms with Crippen LogP contribution >= 0.6 is 0 Å². The molecule has 0 aliphatic carbocycles. The lowest BCUT2D eigenvalue weighted by Gasteiger charge is -2.27. The van der Waals surface area contributed by atoms with Gasteiger partial charge in [-0.1, -0.05) is 78.4 Å². The van der Waals surface area contributed by atoms with Crippen LogP contribution in [0, 0.1) is 6.92 Å². The molecule has 6 rings (SSSR count). The van der Waals surface area contributed by atoms with Crippen LogP contribution < -0.4 is 9.80 Å². The summed E-state index contributed by atoms with van der Waals surface area (Å²) < 4.78 is 0. The van der Waals surface area contributed by atoms with Crippen molar-refractivity contribution in [1.82, 2.24) is 0 Å². The van der Waals surface area contributed by atoms with Crippen LogP contribution in [-0.2, 0) is 0 Å². The average Bonchev–Trinajstić information content (AvgIpc) is 2.93. The van der Waals surface area contributed by atoms with E-state index in [9.17, 15) is 0 Å². The number of anilines is 5. The first-order valence-electron chi connectivity index (χ1n) is 12.3. The second-order valence-corrected chi connectivity index (χ2v) is 9.31. The van der Waals surface area contributed by atoms with E-state index in [-0.39, 0.29) is 0 Å². The fourth-order valence-electron chi connectivity index (χ4n) is 4.82. The Balaban J connectivity index is 1.44. The van der Waals surface area contributed by atoms with Crippen LogP contribution in [0.1, 0.15) is 5.56 Å². The maximum Gasteiger partial charge on any atom is 0.0468 e. The lowest BCUT2D eigenvalue weighted by molar-refractivity contribution is 1.20. The molecule has 0 aromatic heterocycles. The van der Waals surface area contributed by atoms with Gasteiger partial charge in [-0.15, -0.1) is 0 Å². The highest BCUT2D eigenvalue weighted by Gasteiger charge is 2.14. The van der Waals surface area contributed by atoms with E-state index in [1.165, 1.54) is 32.8 Å². The summed E-state index contributed by atoms with van der Waals surface area (Å²) in [6.45, 7) is 2.12. The molecule has 0 fully saturated rings. The lowest BCUT2D eigenvalue weighted by atomic mass is 10.1. The van der Waals surface area contributed by atoms with Gasteiger partial charge >= 0.3 is 0 Å². The molecule has 0 radical (unpaired) electrons. The topological polar surface area (TPSA) is 6.48 Å². The van der Waals surface area contributed by atoms with Crippen LogP contribution in [0.5, 0.6) is 0 Å². The summed E-state index contributed by atoms with van der Waals surface area (Å²) in [6.07, 6.45) is 0. The third-order valence-electron chi connectivity index (χ3n) is 6.90. The molecule has 6 aromatic carbocycles. The van der Waals surface area contributed by atoms with Gasteiger partial charge in [-0.2, -0.15) is 0 Å². The van der Waals surface area contributed by atoms with Crippen LogP contribution in [0.3, 0.4) is 0 Å². The predicted molar refractivity (Wildman–Crippen MR) is 155 cm³/mol. The van der Waals surface area contributed by atoms with Crippen molar-refractivity contribution in [3.63, 3.8) is 0 Å². The van der Waals surface area contributed by atoms with Gasteiger partial charge in [0.25, 0.3) is 0 Å². The zero-order chi connectivity index (χ0) is 24.5. The van der Waals surface area contributed by atoms with E-state index in [4.69, 9.17) is 0 Å². The molecule has 0 saturated heterocycles. The molecule has 0 unspecified atom stereocenters. The number of rotatable bonds is 5. The third-order valence-corrected chi connectivity index (χ3v) is 6.90. The normalized spacial score (nSPS) is 11.1. The summed E-state index contributed by atoms with van der Waals surface area (Å²) in [6, 6.07) is 47.9. The van der Waals surface area contributed by atoms with Crippen LogP contribution in [0.25, 0.3) is 21.5 Å². The Morgan fingerprint density at radius 1 is 0.389 bits per heavy atom. The SMILES string of the molecule is Cc1ccc(N(C)c2ccc(N(c3ccc4ccccc4c3)c3ccc4ccccc4c3)cc2)cc1. The maximum absolute atomic E-state index is 2.34. The Kier molecular flexibility index (Phi) is 5.63. The summed E-state index contributed by atoms with van der Waals surface area (Å²) in [7, 11) is 2.12. The van der Waals surface area contributed by atoms with Crippen LogP contribution in [0.2, 0.25) is 0 Å². The zero-order valence-electron chi connectivity index (χ0n) is 20.6. The lowest BCUT2D eigenvalue weighted by Crippen LogP contribution is -2.12. The van der Waals surface area contributed by atoms with Gasteiger partial charge in [-0.05, 0) is 89.1 Å². The molecule has 36 heavy (non-hydrogen) atoms. The van der Waals surface area contributed by atoms with E-state index < -0.39 is 0 Å². The first kappa shape index (κ1) is 21.9. The van der Waals surface area contributed by atoms with Gasteiger partial charge in [0.15, 0.2) is 0 Å². The summed E-state index contributed by atoms with van der Waals surface area (Å²) in [5.41, 5.74) is 7.01. The van der Waals surface area contributed by atoms with Crippen LogP contribution in [0.4, 0.5) is 28.4 Å². The van der Waals surface area contributed by atoms with Crippen molar-refractivity contribution >= 4 is 50.0 Å². The van der Waals surface area contributed by atoms with Crippen molar-refractivity contribution in [3.8, 4) is 0 Å². The van der Waals surface area contributed by atoms with E-state index in [1.54, 1.807) is 0 Å². The fourth-order valence-corrected chi connectivity index (χ4v) is 4.82. The highest BCUT2D eigenvalue weighted by Crippen LogP contribution is 2.38. The second-order valence-electron chi connectivity index (χ2n) is 9.31. The van der Waals surface area contributed by atoms with Gasteiger partial charge in [-0.3, -0.25) is 0 Å². The van der Waals surface area contributed by atoms with E-state index in [0.717, 1.165) is 22.7 Å². The van der Waals surface area contributed by atoms with Gasteiger partial charge in [0.2, 0.25) is 0 Å². The molecule has 0 atom stereocenters. The quantitative estimate of drug-likeness (QED) is 0.251. The molecule has 2 nitrogen and oxygen atoms in total. The Morgan fingerprint density at radius 3 is 1.28 bits per heavy atom. The molecule has 174 valence electrons. The first-order chi connectivity index (χ1) is 17.7. The fraction of sp³-hybridized carbons (Fsp3) is 0.0588. The number of nitrogens with zero attached hydrogens (tertiary/aromatic N) is 2. The molecular formula is C34H28N2. The zero-order valence-corrected chi connectivity index (χ0v) is 20.6. The minimum atomic E-state index is 1.13. The molecular weight excluding hydrogens is 436 g/mol. The summed E-state index contributed by atoms with van der Waals surface area (Å²) >= 11 is 0.